The number of nitrogens with zero attached hydrogens (tertiary/aromatic N) is 2. The summed E-state index contributed by atoms with van der Waals surface area (Å²) in [6.07, 6.45) is 9.68. The van der Waals surface area contributed by atoms with Gasteiger partial charge in [0.05, 0.1) is 13.2 Å². The summed E-state index contributed by atoms with van der Waals surface area (Å²) in [4.78, 5) is 0. The van der Waals surface area contributed by atoms with Gasteiger partial charge in [-0.15, -0.1) is 0 Å². The van der Waals surface area contributed by atoms with Crippen LogP contribution in [0.1, 0.15) is 52.4 Å². The molecular weight excluding hydrogens is 296 g/mol. The van der Waals surface area contributed by atoms with Crippen molar-refractivity contribution in [2.24, 2.45) is 0 Å². The molecule has 0 atom stereocenters. The van der Waals surface area contributed by atoms with Gasteiger partial charge in [-0.05, 0) is 25.0 Å². The number of fused-ring (bicyclic) bond motifs is 1. The fraction of sp³-hybridized carbons (Fsp3) is 0.611. The molecule has 0 bridgehead atoms. The Labute approximate surface area is 140 Å². The summed E-state index contributed by atoms with van der Waals surface area (Å²) in [6.45, 7) is 7.08. The Morgan fingerprint density at radius 1 is 1.00 bits per heavy atom. The average molecular weight is 325 g/mol. The van der Waals surface area contributed by atoms with Crippen LogP contribution in [0.25, 0.3) is 11.0 Å². The summed E-state index contributed by atoms with van der Waals surface area (Å²) in [5.41, 5.74) is 2.57. The maximum atomic E-state index is 5.84. The molecule has 0 saturated heterocycles. The fourth-order valence-electron chi connectivity index (χ4n) is 2.65. The van der Waals surface area contributed by atoms with Crippen molar-refractivity contribution in [3.63, 3.8) is 0 Å². The number of aryl methyl sites for hydroxylation is 1. The topological polar surface area (TPSA) is 18.0 Å². The molecule has 1 aromatic carbocycles. The van der Waals surface area contributed by atoms with Crippen molar-refractivity contribution in [3.8, 4) is 0 Å². The van der Waals surface area contributed by atoms with E-state index in [1.807, 2.05) is 0 Å². The highest BCUT2D eigenvalue weighted by molar-refractivity contribution is 5.71. The second-order valence-corrected chi connectivity index (χ2v) is 5.72. The van der Waals surface area contributed by atoms with Crippen LogP contribution in [0.3, 0.4) is 0 Å². The van der Waals surface area contributed by atoms with Gasteiger partial charge in [0, 0.05) is 0 Å². The molecule has 0 aliphatic rings. The van der Waals surface area contributed by atoms with Crippen molar-refractivity contribution >= 4 is 11.0 Å². The Hall–Kier alpha value is -1.06. The third kappa shape index (κ3) is 5.29. The highest BCUT2D eigenvalue weighted by Gasteiger charge is 2.14. The third-order valence-electron chi connectivity index (χ3n) is 3.90. The second-order valence-electron chi connectivity index (χ2n) is 5.72. The number of aromatic nitrogens is 2. The molecule has 0 unspecified atom stereocenters. The van der Waals surface area contributed by atoms with Crippen LogP contribution in [0.2, 0.25) is 0 Å². The van der Waals surface area contributed by atoms with Crippen LogP contribution in [-0.4, -0.2) is 11.2 Å². The first-order valence-corrected chi connectivity index (χ1v) is 8.41. The first-order valence-electron chi connectivity index (χ1n) is 8.41. The number of hydrogen-bond donors (Lipinski definition) is 0. The van der Waals surface area contributed by atoms with Gasteiger partial charge in [-0.3, -0.25) is 0 Å². The van der Waals surface area contributed by atoms with Gasteiger partial charge in [-0.25, -0.2) is 9.13 Å². The van der Waals surface area contributed by atoms with Gasteiger partial charge in [0.1, 0.15) is 0 Å². The lowest BCUT2D eigenvalue weighted by Gasteiger charge is -2.01. The van der Waals surface area contributed by atoms with Crippen LogP contribution in [0.4, 0.5) is 0 Å². The molecule has 124 valence electrons. The van der Waals surface area contributed by atoms with Gasteiger partial charge < -0.3 is 17.1 Å². The molecule has 0 aliphatic carbocycles. The monoisotopic (exact) mass is 324 g/mol. The lowest BCUT2D eigenvalue weighted by atomic mass is 10.2. The molecule has 0 saturated carbocycles. The fourth-order valence-corrected chi connectivity index (χ4v) is 2.65. The van der Waals surface area contributed by atoms with Crippen LogP contribution >= 0.6 is 0 Å². The number of hydrogen-bond acceptors (Lipinski definition) is 1. The zero-order chi connectivity index (χ0) is 14.9. The Morgan fingerprint density at radius 2 is 1.77 bits per heavy atom. The number of ether oxygens (including phenoxy) is 1. The molecule has 2 aromatic rings. The predicted molar refractivity (Wildman–Crippen MR) is 87.1 cm³/mol. The summed E-state index contributed by atoms with van der Waals surface area (Å²) in [7, 11) is 0. The third-order valence-corrected chi connectivity index (χ3v) is 3.90. The summed E-state index contributed by atoms with van der Waals surface area (Å²) in [5, 5.41) is 0. The average Bonchev–Trinajstić information content (AvgIpc) is 2.87. The quantitative estimate of drug-likeness (QED) is 0.476. The number of unbranched alkanes of at least 4 members (excludes halogenated alkanes) is 4. The van der Waals surface area contributed by atoms with Crippen LogP contribution < -0.4 is 17.0 Å². The first-order chi connectivity index (χ1) is 10.4. The number of benzene rings is 1. The van der Waals surface area contributed by atoms with Crippen LogP contribution in [0.15, 0.2) is 30.6 Å². The zero-order valence-electron chi connectivity index (χ0n) is 13.9. The van der Waals surface area contributed by atoms with Crippen molar-refractivity contribution in [1.82, 2.24) is 4.57 Å². The summed E-state index contributed by atoms with van der Waals surface area (Å²) in [5.74, 6) is 0. The van der Waals surface area contributed by atoms with E-state index in [9.17, 15) is 0 Å². The minimum absolute atomic E-state index is 0. The smallest absolute Gasteiger partial charge is 0.246 e. The van der Waals surface area contributed by atoms with E-state index >= 15 is 0 Å². The number of rotatable bonds is 10. The molecule has 4 heteroatoms. The Morgan fingerprint density at radius 3 is 2.55 bits per heavy atom. The van der Waals surface area contributed by atoms with E-state index in [4.69, 9.17) is 4.74 Å². The van der Waals surface area contributed by atoms with E-state index in [2.05, 4.69) is 53.6 Å². The molecule has 3 nitrogen and oxygen atoms in total. The molecule has 0 aliphatic heterocycles. The largest absolute Gasteiger partial charge is 1.00 e. The standard InChI is InChI=1S/C18H29N2O.ClH/c1-3-5-7-10-14-21-16-20-15-19(13-6-4-2)17-11-8-9-12-18(17)20;/h8-9,11-12,15H,3-7,10,13-14,16H2,1-2H3;1H/q+1;/p-1. The van der Waals surface area contributed by atoms with E-state index in [-0.39, 0.29) is 12.4 Å². The first kappa shape index (κ1) is 19.0. The van der Waals surface area contributed by atoms with E-state index in [1.54, 1.807) is 0 Å². The van der Waals surface area contributed by atoms with E-state index in [0.717, 1.165) is 13.2 Å². The van der Waals surface area contributed by atoms with E-state index < -0.39 is 0 Å². The molecule has 1 heterocycles. The Kier molecular flexibility index (Phi) is 9.17. The van der Waals surface area contributed by atoms with Crippen molar-refractivity contribution in [2.45, 2.75) is 65.6 Å². The number of halogens is 1. The van der Waals surface area contributed by atoms with Gasteiger partial charge in [-0.2, -0.15) is 0 Å². The molecule has 1 aromatic heterocycles. The number of para-hydroxylation sites is 2. The molecular formula is C18H29ClN2O. The number of imidazole rings is 1. The van der Waals surface area contributed by atoms with E-state index in [0.29, 0.717) is 6.73 Å². The normalized spacial score (nSPS) is 10.8. The van der Waals surface area contributed by atoms with Crippen molar-refractivity contribution in [3.05, 3.63) is 30.6 Å². The maximum absolute atomic E-state index is 5.84. The van der Waals surface area contributed by atoms with Gasteiger partial charge in [0.15, 0.2) is 17.8 Å². The van der Waals surface area contributed by atoms with Crippen LogP contribution in [0, 0.1) is 0 Å². The zero-order valence-corrected chi connectivity index (χ0v) is 14.7. The van der Waals surface area contributed by atoms with Gasteiger partial charge >= 0.3 is 0 Å². The van der Waals surface area contributed by atoms with Gasteiger partial charge in [-0.1, -0.05) is 51.7 Å². The molecule has 0 radical (unpaired) electrons. The van der Waals surface area contributed by atoms with Crippen molar-refractivity contribution < 1.29 is 21.7 Å². The molecule has 2 rings (SSSR count). The highest BCUT2D eigenvalue weighted by atomic mass is 35.5. The lowest BCUT2D eigenvalue weighted by Crippen LogP contribution is -3.00. The molecule has 0 fully saturated rings. The summed E-state index contributed by atoms with van der Waals surface area (Å²) < 4.78 is 10.4. The van der Waals surface area contributed by atoms with Gasteiger partial charge in [0.25, 0.3) is 0 Å². The summed E-state index contributed by atoms with van der Waals surface area (Å²) >= 11 is 0. The predicted octanol–water partition coefficient (Wildman–Crippen LogP) is 1.29. The second kappa shape index (κ2) is 10.6. The molecule has 22 heavy (non-hydrogen) atoms. The van der Waals surface area contributed by atoms with Crippen LogP contribution in [0.5, 0.6) is 0 Å². The minimum Gasteiger partial charge on any atom is -1.00 e. The Balaban J connectivity index is 0.00000242. The molecule has 0 amide bonds. The van der Waals surface area contributed by atoms with Crippen LogP contribution in [-0.2, 0) is 18.0 Å². The SMILES string of the molecule is CCCCCCOC[n+]1cn(CCCC)c2ccccc21.[Cl-]. The Bertz CT molecular complexity index is 539. The molecule has 0 spiro atoms. The highest BCUT2D eigenvalue weighted by Crippen LogP contribution is 2.11. The lowest BCUT2D eigenvalue weighted by molar-refractivity contribution is -0.710. The van der Waals surface area contributed by atoms with E-state index in [1.165, 1.54) is 49.6 Å². The summed E-state index contributed by atoms with van der Waals surface area (Å²) in [6, 6.07) is 8.59. The van der Waals surface area contributed by atoms with Crippen molar-refractivity contribution in [1.29, 1.82) is 0 Å². The maximum Gasteiger partial charge on any atom is 0.246 e. The van der Waals surface area contributed by atoms with Gasteiger partial charge in [0.2, 0.25) is 6.33 Å². The molecule has 0 N–H and O–H groups in total. The minimum atomic E-state index is 0. The van der Waals surface area contributed by atoms with Crippen molar-refractivity contribution in [2.75, 3.05) is 6.61 Å².